The van der Waals surface area contributed by atoms with Crippen LogP contribution in [0, 0.1) is 0 Å². The molecule has 2 nitrogen and oxygen atoms in total. The van der Waals surface area contributed by atoms with E-state index >= 15 is 0 Å². The Morgan fingerprint density at radius 3 is 2.56 bits per heavy atom. The van der Waals surface area contributed by atoms with E-state index < -0.39 is 17.7 Å². The predicted octanol–water partition coefficient (Wildman–Crippen LogP) is 3.64. The van der Waals surface area contributed by atoms with Gasteiger partial charge < -0.3 is 4.74 Å². The maximum Gasteiger partial charge on any atom is 0.416 e. The fraction of sp³-hybridized carbons (Fsp3) is 0.300. The number of benzene rings is 1. The number of rotatable bonds is 2. The third kappa shape index (κ3) is 2.98. The highest BCUT2D eigenvalue weighted by atomic mass is 79.9. The van der Waals surface area contributed by atoms with Gasteiger partial charge in [0.25, 0.3) is 0 Å². The fourth-order valence-corrected chi connectivity index (χ4v) is 1.48. The zero-order chi connectivity index (χ0) is 12.3. The molecule has 88 valence electrons. The molecule has 1 rings (SSSR count). The summed E-state index contributed by atoms with van der Waals surface area (Å²) in [6.07, 6.45) is -4.47. The standard InChI is InChI=1S/C10H8BrF3O2/c1-2-16-9(15)7-5-6(10(12,13)14)3-4-8(7)11/h3-5H,2H2,1H3. The molecule has 6 heteroatoms. The van der Waals surface area contributed by atoms with Crippen molar-refractivity contribution in [3.8, 4) is 0 Å². The molecule has 0 aliphatic rings. The quantitative estimate of drug-likeness (QED) is 0.779. The lowest BCUT2D eigenvalue weighted by Gasteiger charge is -2.09. The number of ether oxygens (including phenoxy) is 1. The van der Waals surface area contributed by atoms with E-state index in [4.69, 9.17) is 0 Å². The first-order valence-corrected chi connectivity index (χ1v) is 5.19. The molecule has 0 aromatic heterocycles. The molecule has 0 saturated heterocycles. The summed E-state index contributed by atoms with van der Waals surface area (Å²) in [5.41, 5.74) is -1.00. The van der Waals surface area contributed by atoms with Crippen molar-refractivity contribution in [3.05, 3.63) is 33.8 Å². The predicted molar refractivity (Wildman–Crippen MR) is 55.1 cm³/mol. The zero-order valence-corrected chi connectivity index (χ0v) is 9.85. The van der Waals surface area contributed by atoms with Crippen molar-refractivity contribution < 1.29 is 22.7 Å². The minimum Gasteiger partial charge on any atom is -0.462 e. The molecule has 0 N–H and O–H groups in total. The largest absolute Gasteiger partial charge is 0.462 e. The normalized spacial score (nSPS) is 11.3. The van der Waals surface area contributed by atoms with Gasteiger partial charge >= 0.3 is 12.1 Å². The van der Waals surface area contributed by atoms with Gasteiger partial charge in [0.05, 0.1) is 17.7 Å². The van der Waals surface area contributed by atoms with Gasteiger partial charge in [-0.1, -0.05) is 0 Å². The second-order valence-electron chi connectivity index (χ2n) is 2.91. The molecule has 0 unspecified atom stereocenters. The maximum absolute atomic E-state index is 12.4. The van der Waals surface area contributed by atoms with E-state index in [-0.39, 0.29) is 16.6 Å². The van der Waals surface area contributed by atoms with Gasteiger partial charge in [0.1, 0.15) is 0 Å². The van der Waals surface area contributed by atoms with Crippen molar-refractivity contribution in [1.82, 2.24) is 0 Å². The number of carbonyl (C=O) groups is 1. The highest BCUT2D eigenvalue weighted by molar-refractivity contribution is 9.10. The van der Waals surface area contributed by atoms with Crippen molar-refractivity contribution in [2.75, 3.05) is 6.61 Å². The van der Waals surface area contributed by atoms with Crippen LogP contribution in [0.2, 0.25) is 0 Å². The SMILES string of the molecule is CCOC(=O)c1cc(C(F)(F)F)ccc1Br. The molecule has 0 fully saturated rings. The summed E-state index contributed by atoms with van der Waals surface area (Å²) in [6.45, 7) is 1.70. The number of alkyl halides is 3. The summed E-state index contributed by atoms with van der Waals surface area (Å²) in [5, 5.41) is 0. The van der Waals surface area contributed by atoms with Crippen LogP contribution in [-0.4, -0.2) is 12.6 Å². The first-order chi connectivity index (χ1) is 7.36. The summed E-state index contributed by atoms with van der Waals surface area (Å²) in [4.78, 5) is 11.3. The van der Waals surface area contributed by atoms with Gasteiger partial charge in [-0.2, -0.15) is 13.2 Å². The Morgan fingerprint density at radius 1 is 1.44 bits per heavy atom. The topological polar surface area (TPSA) is 26.3 Å². The molecule has 0 aliphatic heterocycles. The smallest absolute Gasteiger partial charge is 0.416 e. The van der Waals surface area contributed by atoms with Crippen molar-refractivity contribution in [1.29, 1.82) is 0 Å². The lowest BCUT2D eigenvalue weighted by molar-refractivity contribution is -0.137. The molecule has 0 heterocycles. The molecule has 0 amide bonds. The molecular formula is C10H8BrF3O2. The minimum atomic E-state index is -4.47. The minimum absolute atomic E-state index is 0.113. The first-order valence-electron chi connectivity index (χ1n) is 4.40. The lowest BCUT2D eigenvalue weighted by Crippen LogP contribution is -2.10. The van der Waals surface area contributed by atoms with Crippen LogP contribution in [0.25, 0.3) is 0 Å². The second-order valence-corrected chi connectivity index (χ2v) is 3.77. The Labute approximate surface area is 98.5 Å². The van der Waals surface area contributed by atoms with Crippen molar-refractivity contribution >= 4 is 21.9 Å². The first kappa shape index (κ1) is 13.0. The number of hydrogen-bond acceptors (Lipinski definition) is 2. The van der Waals surface area contributed by atoms with Gasteiger partial charge in [0.15, 0.2) is 0 Å². The van der Waals surface area contributed by atoms with Crippen LogP contribution in [-0.2, 0) is 10.9 Å². The molecule has 0 bridgehead atoms. The molecule has 0 radical (unpaired) electrons. The van der Waals surface area contributed by atoms with Crippen LogP contribution >= 0.6 is 15.9 Å². The van der Waals surface area contributed by atoms with Gasteiger partial charge in [-0.15, -0.1) is 0 Å². The van der Waals surface area contributed by atoms with E-state index in [1.165, 1.54) is 6.07 Å². The van der Waals surface area contributed by atoms with E-state index in [0.29, 0.717) is 0 Å². The maximum atomic E-state index is 12.4. The third-order valence-electron chi connectivity index (χ3n) is 1.79. The fourth-order valence-electron chi connectivity index (χ4n) is 1.07. The number of carbonyl (C=O) groups excluding carboxylic acids is 1. The van der Waals surface area contributed by atoms with Crippen LogP contribution in [0.4, 0.5) is 13.2 Å². The Balaban J connectivity index is 3.14. The Morgan fingerprint density at radius 2 is 2.06 bits per heavy atom. The van der Waals surface area contributed by atoms with Crippen LogP contribution in [0.3, 0.4) is 0 Å². The van der Waals surface area contributed by atoms with Crippen molar-refractivity contribution in [2.24, 2.45) is 0 Å². The summed E-state index contributed by atoms with van der Waals surface area (Å²) in [6, 6.07) is 2.84. The number of esters is 1. The Bertz CT molecular complexity index is 402. The number of halogens is 4. The lowest BCUT2D eigenvalue weighted by atomic mass is 10.1. The van der Waals surface area contributed by atoms with Crippen molar-refractivity contribution in [2.45, 2.75) is 13.1 Å². The van der Waals surface area contributed by atoms with Gasteiger partial charge in [-0.25, -0.2) is 4.79 Å². The molecule has 0 atom stereocenters. The van der Waals surface area contributed by atoms with Crippen molar-refractivity contribution in [3.63, 3.8) is 0 Å². The molecular weight excluding hydrogens is 289 g/mol. The number of hydrogen-bond donors (Lipinski definition) is 0. The highest BCUT2D eigenvalue weighted by Crippen LogP contribution is 2.32. The summed E-state index contributed by atoms with van der Waals surface area (Å²) in [7, 11) is 0. The molecule has 0 aliphatic carbocycles. The van der Waals surface area contributed by atoms with Crippen LogP contribution < -0.4 is 0 Å². The van der Waals surface area contributed by atoms with E-state index in [1.54, 1.807) is 6.92 Å². The highest BCUT2D eigenvalue weighted by Gasteiger charge is 2.31. The Hall–Kier alpha value is -1.04. The van der Waals surface area contributed by atoms with Crippen LogP contribution in [0.5, 0.6) is 0 Å². The Kier molecular flexibility index (Phi) is 3.96. The van der Waals surface area contributed by atoms with E-state index in [1.807, 2.05) is 0 Å². The molecule has 1 aromatic carbocycles. The van der Waals surface area contributed by atoms with Gasteiger partial charge in [0, 0.05) is 4.47 Å². The zero-order valence-electron chi connectivity index (χ0n) is 8.27. The van der Waals surface area contributed by atoms with E-state index in [2.05, 4.69) is 20.7 Å². The van der Waals surface area contributed by atoms with Gasteiger partial charge in [-0.05, 0) is 41.1 Å². The van der Waals surface area contributed by atoms with E-state index in [0.717, 1.165) is 12.1 Å². The molecule has 16 heavy (non-hydrogen) atoms. The summed E-state index contributed by atoms with van der Waals surface area (Å²) < 4.78 is 42.1. The molecule has 0 spiro atoms. The summed E-state index contributed by atoms with van der Waals surface area (Å²) in [5.74, 6) is -0.777. The van der Waals surface area contributed by atoms with Crippen LogP contribution in [0.1, 0.15) is 22.8 Å². The second kappa shape index (κ2) is 4.86. The third-order valence-corrected chi connectivity index (χ3v) is 2.48. The van der Waals surface area contributed by atoms with Crippen LogP contribution in [0.15, 0.2) is 22.7 Å². The average Bonchev–Trinajstić information content (AvgIpc) is 2.16. The monoisotopic (exact) mass is 296 g/mol. The van der Waals surface area contributed by atoms with E-state index in [9.17, 15) is 18.0 Å². The average molecular weight is 297 g/mol. The molecule has 0 saturated carbocycles. The molecule has 1 aromatic rings. The van der Waals surface area contributed by atoms with Gasteiger partial charge in [0.2, 0.25) is 0 Å². The summed E-state index contributed by atoms with van der Waals surface area (Å²) >= 11 is 3.00. The van der Waals surface area contributed by atoms with Gasteiger partial charge in [-0.3, -0.25) is 0 Å².